The number of para-hydroxylation sites is 3. The molecule has 79 heavy (non-hydrogen) atoms. The zero-order chi connectivity index (χ0) is 52.8. The third-order valence-corrected chi connectivity index (χ3v) is 18.0. The molecular formula is C74H58N2O2S. The molecule has 3 aliphatic rings. The highest BCUT2D eigenvalue weighted by Crippen LogP contribution is 2.58. The van der Waals surface area contributed by atoms with Crippen molar-refractivity contribution in [2.24, 2.45) is 5.41 Å². The molecule has 1 unspecified atom stereocenters. The number of rotatable bonds is 15. The molecule has 0 aromatic heterocycles. The van der Waals surface area contributed by atoms with Gasteiger partial charge in [-0.25, -0.2) is 0 Å². The van der Waals surface area contributed by atoms with Crippen LogP contribution >= 0.6 is 11.8 Å². The van der Waals surface area contributed by atoms with Crippen LogP contribution in [0.25, 0.3) is 33.4 Å². The second-order valence-corrected chi connectivity index (χ2v) is 22.3. The van der Waals surface area contributed by atoms with Crippen LogP contribution in [-0.2, 0) is 16.6 Å². The van der Waals surface area contributed by atoms with Gasteiger partial charge in [0, 0.05) is 50.2 Å². The Morgan fingerprint density at radius 3 is 1.47 bits per heavy atom. The maximum atomic E-state index is 6.40. The number of anilines is 6. The molecule has 1 aliphatic heterocycles. The van der Waals surface area contributed by atoms with Crippen molar-refractivity contribution in [2.75, 3.05) is 28.8 Å². The first kappa shape index (κ1) is 48.5. The lowest BCUT2D eigenvalue weighted by Gasteiger charge is -2.40. The van der Waals surface area contributed by atoms with Crippen molar-refractivity contribution in [1.82, 2.24) is 0 Å². The number of fused-ring (bicyclic) bond motifs is 6. The van der Waals surface area contributed by atoms with Gasteiger partial charge in [-0.1, -0.05) is 171 Å². The molecule has 0 amide bonds. The lowest BCUT2D eigenvalue weighted by atomic mass is 9.67. The maximum absolute atomic E-state index is 6.40. The predicted octanol–water partition coefficient (Wildman–Crippen LogP) is 19.5. The highest BCUT2D eigenvalue weighted by atomic mass is 32.2. The van der Waals surface area contributed by atoms with Crippen LogP contribution in [0.2, 0.25) is 0 Å². The lowest BCUT2D eigenvalue weighted by Crippen LogP contribution is -2.44. The van der Waals surface area contributed by atoms with Crippen LogP contribution in [0.4, 0.5) is 34.1 Å². The Bertz CT molecular complexity index is 3950. The fourth-order valence-corrected chi connectivity index (χ4v) is 13.5. The summed E-state index contributed by atoms with van der Waals surface area (Å²) in [6, 6.07) is 99.6. The Hall–Kier alpha value is -8.87. The van der Waals surface area contributed by atoms with Gasteiger partial charge >= 0.3 is 0 Å². The Morgan fingerprint density at radius 2 is 0.873 bits per heavy atom. The summed E-state index contributed by atoms with van der Waals surface area (Å²) in [4.78, 5) is 6.05. The van der Waals surface area contributed by atoms with Gasteiger partial charge < -0.3 is 19.3 Å². The summed E-state index contributed by atoms with van der Waals surface area (Å²) in [5.74, 6) is 2.66. The molecule has 1 atom stereocenters. The monoisotopic (exact) mass is 1040 g/mol. The Balaban J connectivity index is 0.829. The maximum Gasteiger partial charge on any atom is 0.127 e. The summed E-state index contributed by atoms with van der Waals surface area (Å²) in [6.07, 6.45) is 2.08. The molecule has 382 valence electrons. The van der Waals surface area contributed by atoms with E-state index in [-0.39, 0.29) is 5.41 Å². The first-order valence-corrected chi connectivity index (χ1v) is 28.5. The van der Waals surface area contributed by atoms with Crippen molar-refractivity contribution in [3.8, 4) is 44.9 Å². The second kappa shape index (κ2) is 20.5. The second-order valence-electron chi connectivity index (χ2n) is 21.2. The van der Waals surface area contributed by atoms with Crippen LogP contribution in [0.1, 0.15) is 46.7 Å². The Morgan fingerprint density at radius 1 is 0.405 bits per heavy atom. The smallest absolute Gasteiger partial charge is 0.127 e. The third-order valence-electron chi connectivity index (χ3n) is 16.6. The molecule has 0 radical (unpaired) electrons. The lowest BCUT2D eigenvalue weighted by molar-refractivity contribution is -0.0994. The zero-order valence-corrected chi connectivity index (χ0v) is 45.0. The number of hydrogen-bond acceptors (Lipinski definition) is 5. The first-order chi connectivity index (χ1) is 39.0. The minimum Gasteiger partial charge on any atom is -0.457 e. The highest BCUT2D eigenvalue weighted by Gasteiger charge is 2.47. The van der Waals surface area contributed by atoms with E-state index < -0.39 is 5.41 Å². The van der Waals surface area contributed by atoms with Gasteiger partial charge in [-0.05, 0) is 189 Å². The van der Waals surface area contributed by atoms with E-state index >= 15 is 0 Å². The molecule has 1 heterocycles. The van der Waals surface area contributed by atoms with E-state index in [0.29, 0.717) is 0 Å². The van der Waals surface area contributed by atoms with E-state index in [4.69, 9.17) is 9.47 Å². The topological polar surface area (TPSA) is 24.9 Å². The van der Waals surface area contributed by atoms with Gasteiger partial charge in [-0.15, -0.1) is 11.8 Å². The molecule has 0 saturated carbocycles. The summed E-state index contributed by atoms with van der Waals surface area (Å²) in [5, 5.41) is 0. The standard InChI is InChI=1S/C74H58N2O2S/c1-2-73(49-77-50-73)51-79-66-42-32-57(33-43-66)74(56-30-40-65(41-31-56)78-64-21-10-5-11-22-64)71-25-15-14-24-69(71)70-45-39-63(48-72(70)74)76(59-19-8-4-9-20-59)61-36-28-53(29-37-61)52-26-34-60(35-27-52)75(58-17-6-3-7-18-58)62-38-44-68-55(47-62)46-54-16-12-13-23-67(54)68/h3-45,47-48H,2,46,49-51H2,1H3. The van der Waals surface area contributed by atoms with E-state index in [9.17, 15) is 0 Å². The normalized spacial score (nSPS) is 15.3. The van der Waals surface area contributed by atoms with Crippen molar-refractivity contribution < 1.29 is 9.47 Å². The van der Waals surface area contributed by atoms with E-state index in [1.807, 2.05) is 42.1 Å². The summed E-state index contributed by atoms with van der Waals surface area (Å²) in [7, 11) is 0. The highest BCUT2D eigenvalue weighted by molar-refractivity contribution is 7.99. The molecule has 0 spiro atoms. The van der Waals surface area contributed by atoms with Gasteiger partial charge in [0.2, 0.25) is 0 Å². The van der Waals surface area contributed by atoms with E-state index in [1.165, 1.54) is 60.5 Å². The van der Waals surface area contributed by atoms with E-state index in [2.05, 4.69) is 259 Å². The number of nitrogens with zero attached hydrogens (tertiary/aromatic N) is 2. The van der Waals surface area contributed by atoms with Crippen molar-refractivity contribution >= 4 is 45.9 Å². The Kier molecular flexibility index (Phi) is 12.6. The van der Waals surface area contributed by atoms with E-state index in [0.717, 1.165) is 88.6 Å². The number of thioether (sulfide) groups is 1. The quantitative estimate of drug-likeness (QED) is 0.0953. The summed E-state index contributed by atoms with van der Waals surface area (Å²) in [5.41, 5.74) is 21.4. The van der Waals surface area contributed by atoms with Crippen LogP contribution in [0.5, 0.6) is 11.5 Å². The van der Waals surface area contributed by atoms with Crippen molar-refractivity contribution in [1.29, 1.82) is 0 Å². The third kappa shape index (κ3) is 8.80. The van der Waals surface area contributed by atoms with Crippen LogP contribution in [0.3, 0.4) is 0 Å². The van der Waals surface area contributed by atoms with Crippen LogP contribution in [0, 0.1) is 5.41 Å². The van der Waals surface area contributed by atoms with Gasteiger partial charge in [0.1, 0.15) is 11.5 Å². The number of ether oxygens (including phenoxy) is 2. The number of hydrogen-bond donors (Lipinski definition) is 0. The summed E-state index contributed by atoms with van der Waals surface area (Å²) >= 11 is 1.95. The summed E-state index contributed by atoms with van der Waals surface area (Å²) < 4.78 is 12.1. The minimum atomic E-state index is -0.635. The van der Waals surface area contributed by atoms with E-state index in [1.54, 1.807) is 0 Å². The average molecular weight is 1040 g/mol. The first-order valence-electron chi connectivity index (χ1n) is 27.5. The molecule has 11 aromatic carbocycles. The Labute approximate surface area is 468 Å². The SMILES string of the molecule is CCC1(CSc2ccc(C3(c4ccc(Oc5ccccc5)cc4)c4ccccc4-c4ccc(N(c5ccccc5)c5ccc(-c6ccc(N(c7ccccc7)c7ccc8c(c7)Cc7ccccc7-8)cc6)cc5)cc43)cc2)COC1. The molecular weight excluding hydrogens is 981 g/mol. The van der Waals surface area contributed by atoms with Crippen LogP contribution < -0.4 is 14.5 Å². The molecule has 1 fully saturated rings. The average Bonchev–Trinajstić information content (AvgIpc) is 3.39. The van der Waals surface area contributed by atoms with Gasteiger partial charge in [-0.3, -0.25) is 0 Å². The molecule has 4 nitrogen and oxygen atoms in total. The van der Waals surface area contributed by atoms with Gasteiger partial charge in [-0.2, -0.15) is 0 Å². The fourth-order valence-electron chi connectivity index (χ4n) is 12.3. The van der Waals surface area contributed by atoms with Crippen LogP contribution in [0.15, 0.2) is 278 Å². The fraction of sp³-hybridized carbons (Fsp3) is 0.108. The van der Waals surface area contributed by atoms with Gasteiger partial charge in [0.15, 0.2) is 0 Å². The van der Waals surface area contributed by atoms with Crippen molar-refractivity contribution in [2.45, 2.75) is 30.1 Å². The summed E-state index contributed by atoms with van der Waals surface area (Å²) in [6.45, 7) is 3.98. The molecule has 2 aliphatic carbocycles. The zero-order valence-electron chi connectivity index (χ0n) is 44.1. The molecule has 14 rings (SSSR count). The molecule has 11 aromatic rings. The molecule has 0 N–H and O–H groups in total. The minimum absolute atomic E-state index is 0.258. The van der Waals surface area contributed by atoms with Gasteiger partial charge in [0.05, 0.1) is 18.6 Å². The number of benzene rings is 11. The van der Waals surface area contributed by atoms with Crippen molar-refractivity contribution in [3.63, 3.8) is 0 Å². The molecule has 5 heteroatoms. The molecule has 0 bridgehead atoms. The predicted molar refractivity (Wildman–Crippen MR) is 328 cm³/mol. The largest absolute Gasteiger partial charge is 0.457 e. The van der Waals surface area contributed by atoms with Gasteiger partial charge in [0.25, 0.3) is 0 Å². The van der Waals surface area contributed by atoms with Crippen LogP contribution in [-0.4, -0.2) is 19.0 Å². The van der Waals surface area contributed by atoms with Crippen molar-refractivity contribution in [3.05, 3.63) is 306 Å². The molecule has 1 saturated heterocycles.